The van der Waals surface area contributed by atoms with Gasteiger partial charge in [-0.15, -0.1) is 0 Å². The van der Waals surface area contributed by atoms with Gasteiger partial charge in [0.25, 0.3) is 0 Å². The minimum atomic E-state index is -4.93. The van der Waals surface area contributed by atoms with E-state index in [4.69, 9.17) is 4.74 Å². The quantitative estimate of drug-likeness (QED) is 0.413. The smallest absolute Gasteiger partial charge is 0.372 e. The summed E-state index contributed by atoms with van der Waals surface area (Å²) in [5.74, 6) is -0.0820. The van der Waals surface area contributed by atoms with Gasteiger partial charge in [0.15, 0.2) is 0 Å². The number of hydrogen-bond donors (Lipinski definition) is 2. The van der Waals surface area contributed by atoms with Crippen LogP contribution in [0.5, 0.6) is 0 Å². The van der Waals surface area contributed by atoms with Crippen LogP contribution in [0.1, 0.15) is 68.9 Å². The summed E-state index contributed by atoms with van der Waals surface area (Å²) in [6.07, 6.45) is -9.75. The fourth-order valence-electron chi connectivity index (χ4n) is 4.24. The van der Waals surface area contributed by atoms with E-state index >= 15 is 0 Å². The van der Waals surface area contributed by atoms with Gasteiger partial charge in [0.1, 0.15) is 0 Å². The van der Waals surface area contributed by atoms with Gasteiger partial charge in [-0.25, -0.2) is 0 Å². The van der Waals surface area contributed by atoms with Gasteiger partial charge in [0.2, 0.25) is 5.91 Å². The molecule has 1 aliphatic heterocycles. The third-order valence-electron chi connectivity index (χ3n) is 6.61. The molecule has 1 saturated heterocycles. The van der Waals surface area contributed by atoms with E-state index in [1.54, 1.807) is 0 Å². The monoisotopic (exact) mass is 530 g/mol. The zero-order chi connectivity index (χ0) is 27.6. The van der Waals surface area contributed by atoms with Gasteiger partial charge in [-0.3, -0.25) is 4.79 Å². The molecule has 2 aromatic rings. The molecule has 1 fully saturated rings. The highest BCUT2D eigenvalue weighted by Gasteiger charge is 2.40. The third-order valence-corrected chi connectivity index (χ3v) is 6.61. The highest BCUT2D eigenvalue weighted by molar-refractivity contribution is 5.81. The van der Waals surface area contributed by atoms with Gasteiger partial charge in [0, 0.05) is 18.0 Å². The van der Waals surface area contributed by atoms with E-state index in [1.807, 2.05) is 51.1 Å². The van der Waals surface area contributed by atoms with Gasteiger partial charge < -0.3 is 15.4 Å². The van der Waals surface area contributed by atoms with E-state index in [1.165, 1.54) is 6.92 Å². The lowest BCUT2D eigenvalue weighted by molar-refractivity contribution is -0.143. The maximum atomic E-state index is 13.3. The van der Waals surface area contributed by atoms with E-state index in [9.17, 15) is 31.1 Å². The van der Waals surface area contributed by atoms with Gasteiger partial charge in [-0.05, 0) is 49.1 Å². The van der Waals surface area contributed by atoms with Crippen LogP contribution in [0, 0.1) is 5.41 Å². The first kappa shape index (κ1) is 29.0. The van der Waals surface area contributed by atoms with Crippen molar-refractivity contribution in [1.82, 2.24) is 10.6 Å². The van der Waals surface area contributed by atoms with Gasteiger partial charge in [0.05, 0.1) is 29.4 Å². The SMILES string of the molecule is CC(OC[C@@]1(c2ccccc2)CC[C@H](NC(=O)C(C)(C)C)CN1)c1cc(C(F)(F)F)cc(C(F)(F)F)c1. The Balaban J connectivity index is 1.81. The molecule has 1 heterocycles. The van der Waals surface area contributed by atoms with Gasteiger partial charge in [-0.1, -0.05) is 51.1 Å². The second-order valence-electron chi connectivity index (χ2n) is 10.6. The van der Waals surface area contributed by atoms with Crippen LogP contribution in [0.15, 0.2) is 48.5 Å². The Hall–Kier alpha value is -2.59. The molecule has 1 unspecified atom stereocenters. The van der Waals surface area contributed by atoms with E-state index in [0.29, 0.717) is 31.5 Å². The van der Waals surface area contributed by atoms with Crippen molar-refractivity contribution in [2.75, 3.05) is 13.2 Å². The molecule has 3 atom stereocenters. The lowest BCUT2D eigenvalue weighted by atomic mass is 9.81. The minimum Gasteiger partial charge on any atom is -0.372 e. The lowest BCUT2D eigenvalue weighted by Crippen LogP contribution is -2.58. The molecule has 2 N–H and O–H groups in total. The predicted octanol–water partition coefficient (Wildman–Crippen LogP) is 6.61. The molecule has 37 heavy (non-hydrogen) atoms. The van der Waals surface area contributed by atoms with Crippen molar-refractivity contribution >= 4 is 5.91 Å². The van der Waals surface area contributed by atoms with Crippen molar-refractivity contribution in [3.63, 3.8) is 0 Å². The standard InChI is InChI=1S/C27H32F6N2O2/c1-17(18-12-20(26(28,29)30)14-21(13-18)27(31,32)33)37-16-25(19-8-6-5-7-9-19)11-10-22(15-34-25)35-23(36)24(2,3)4/h5-9,12-14,17,22,34H,10-11,15-16H2,1-4H3,(H,35,36)/t17?,22-,25+/m0/s1. The van der Waals surface area contributed by atoms with Crippen molar-refractivity contribution in [3.05, 3.63) is 70.8 Å². The average Bonchev–Trinajstić information content (AvgIpc) is 2.82. The number of carbonyl (C=O) groups excluding carboxylic acids is 1. The van der Waals surface area contributed by atoms with E-state index in [0.717, 1.165) is 5.56 Å². The number of ether oxygens (including phenoxy) is 1. The fraction of sp³-hybridized carbons (Fsp3) is 0.519. The van der Waals surface area contributed by atoms with Crippen LogP contribution in [-0.4, -0.2) is 25.1 Å². The molecule has 10 heteroatoms. The lowest BCUT2D eigenvalue weighted by Gasteiger charge is -2.42. The van der Waals surface area contributed by atoms with Crippen LogP contribution in [-0.2, 0) is 27.4 Å². The maximum absolute atomic E-state index is 13.3. The van der Waals surface area contributed by atoms with Gasteiger partial charge >= 0.3 is 12.4 Å². The zero-order valence-corrected chi connectivity index (χ0v) is 21.2. The number of alkyl halides is 6. The first-order chi connectivity index (χ1) is 17.0. The number of halogens is 6. The number of piperidine rings is 1. The fourth-order valence-corrected chi connectivity index (χ4v) is 4.24. The van der Waals surface area contributed by atoms with Crippen molar-refractivity contribution in [3.8, 4) is 0 Å². The van der Waals surface area contributed by atoms with Crippen LogP contribution in [0.25, 0.3) is 0 Å². The number of amides is 1. The van der Waals surface area contributed by atoms with E-state index < -0.39 is 40.5 Å². The summed E-state index contributed by atoms with van der Waals surface area (Å²) in [7, 11) is 0. The number of carbonyl (C=O) groups is 1. The summed E-state index contributed by atoms with van der Waals surface area (Å²) in [6, 6.07) is 10.7. The summed E-state index contributed by atoms with van der Waals surface area (Å²) in [6.45, 7) is 7.33. The van der Waals surface area contributed by atoms with Crippen LogP contribution in [0.4, 0.5) is 26.3 Å². The van der Waals surface area contributed by atoms with Crippen LogP contribution in [0.3, 0.4) is 0 Å². The number of nitrogens with one attached hydrogen (secondary N) is 2. The molecular weight excluding hydrogens is 498 g/mol. The Morgan fingerprint density at radius 3 is 2.05 bits per heavy atom. The molecule has 4 nitrogen and oxygen atoms in total. The molecule has 204 valence electrons. The highest BCUT2D eigenvalue weighted by Crippen LogP contribution is 2.39. The normalized spacial score (nSPS) is 21.9. The first-order valence-electron chi connectivity index (χ1n) is 12.0. The number of benzene rings is 2. The third kappa shape index (κ3) is 7.25. The second-order valence-corrected chi connectivity index (χ2v) is 10.6. The largest absolute Gasteiger partial charge is 0.416 e. The summed E-state index contributed by atoms with van der Waals surface area (Å²) >= 11 is 0. The molecule has 3 rings (SSSR count). The van der Waals surface area contributed by atoms with Crippen molar-refractivity contribution < 1.29 is 35.9 Å². The molecule has 0 spiro atoms. The molecule has 0 aromatic heterocycles. The Morgan fingerprint density at radius 1 is 1.03 bits per heavy atom. The molecule has 0 radical (unpaired) electrons. The second kappa shape index (κ2) is 10.6. The highest BCUT2D eigenvalue weighted by atomic mass is 19.4. The molecule has 0 saturated carbocycles. The first-order valence-corrected chi connectivity index (χ1v) is 12.0. The maximum Gasteiger partial charge on any atom is 0.416 e. The minimum absolute atomic E-state index is 0.00964. The Kier molecular flexibility index (Phi) is 8.34. The van der Waals surface area contributed by atoms with Crippen molar-refractivity contribution in [1.29, 1.82) is 0 Å². The molecule has 0 aliphatic carbocycles. The molecule has 2 aromatic carbocycles. The topological polar surface area (TPSA) is 50.4 Å². The van der Waals surface area contributed by atoms with Crippen molar-refractivity contribution in [2.24, 2.45) is 5.41 Å². The number of hydrogen-bond acceptors (Lipinski definition) is 3. The summed E-state index contributed by atoms with van der Waals surface area (Å²) in [4.78, 5) is 12.4. The van der Waals surface area contributed by atoms with E-state index in [-0.39, 0.29) is 30.2 Å². The molecule has 1 aliphatic rings. The van der Waals surface area contributed by atoms with Gasteiger partial charge in [-0.2, -0.15) is 26.3 Å². The molecular formula is C27H32F6N2O2. The van der Waals surface area contributed by atoms with Crippen molar-refractivity contribution in [2.45, 2.75) is 70.6 Å². The zero-order valence-electron chi connectivity index (χ0n) is 21.2. The van der Waals surface area contributed by atoms with Crippen LogP contribution in [0.2, 0.25) is 0 Å². The predicted molar refractivity (Wildman–Crippen MR) is 128 cm³/mol. The summed E-state index contributed by atoms with van der Waals surface area (Å²) < 4.78 is 85.8. The average molecular weight is 531 g/mol. The number of rotatable bonds is 6. The Morgan fingerprint density at radius 2 is 1.59 bits per heavy atom. The Labute approximate surface area is 212 Å². The summed E-state index contributed by atoms with van der Waals surface area (Å²) in [5, 5.41) is 6.46. The van der Waals surface area contributed by atoms with Crippen LogP contribution < -0.4 is 10.6 Å². The molecule has 0 bridgehead atoms. The van der Waals surface area contributed by atoms with Crippen LogP contribution >= 0.6 is 0 Å². The van der Waals surface area contributed by atoms with E-state index in [2.05, 4.69) is 10.6 Å². The summed E-state index contributed by atoms with van der Waals surface area (Å²) in [5.41, 5.74) is -3.36. The molecule has 1 amide bonds. The Bertz CT molecular complexity index is 1040.